The van der Waals surface area contributed by atoms with E-state index in [9.17, 15) is 4.79 Å². The predicted octanol–water partition coefficient (Wildman–Crippen LogP) is 3.91. The first-order chi connectivity index (χ1) is 15.2. The fourth-order valence-electron chi connectivity index (χ4n) is 3.84. The molecule has 4 aromatic rings. The van der Waals surface area contributed by atoms with E-state index < -0.39 is 0 Å². The monoisotopic (exact) mass is 411 g/mol. The van der Waals surface area contributed by atoms with E-state index in [4.69, 9.17) is 4.74 Å². The van der Waals surface area contributed by atoms with E-state index in [1.807, 2.05) is 53.4 Å². The van der Waals surface area contributed by atoms with E-state index in [2.05, 4.69) is 26.3 Å². The van der Waals surface area contributed by atoms with Crippen LogP contribution in [0, 0.1) is 0 Å². The Balaban J connectivity index is 1.36. The average molecular weight is 411 g/mol. The van der Waals surface area contributed by atoms with Crippen LogP contribution in [0.15, 0.2) is 67.0 Å². The second-order valence-electron chi connectivity index (χ2n) is 7.39. The third-order valence-corrected chi connectivity index (χ3v) is 5.38. The number of rotatable bonds is 5. The van der Waals surface area contributed by atoms with Crippen LogP contribution in [-0.4, -0.2) is 34.5 Å². The van der Waals surface area contributed by atoms with Gasteiger partial charge in [0, 0.05) is 30.3 Å². The molecule has 2 aromatic heterocycles. The van der Waals surface area contributed by atoms with Crippen molar-refractivity contribution in [2.24, 2.45) is 0 Å². The number of nitrogens with one attached hydrogen (secondary N) is 1. The highest BCUT2D eigenvalue weighted by atomic mass is 16.5. The van der Waals surface area contributed by atoms with Crippen molar-refractivity contribution in [1.82, 2.24) is 15.0 Å². The standard InChI is InChI=1S/C24H21N5O2/c1-31-19-4-2-3-16(13-19)14-23(30)29-12-9-17-5-6-18(15-21(17)29)27-22-8-7-20-24(28-22)26-11-10-25-20/h2-8,10-11,13,15H,9,12,14H2,1H3,(H,26,27,28). The van der Waals surface area contributed by atoms with Crippen LogP contribution >= 0.6 is 0 Å². The van der Waals surface area contributed by atoms with Gasteiger partial charge in [0.25, 0.3) is 0 Å². The third kappa shape index (κ3) is 3.90. The molecule has 5 rings (SSSR count). The highest BCUT2D eigenvalue weighted by Crippen LogP contribution is 2.32. The Morgan fingerprint density at radius 2 is 2.00 bits per heavy atom. The first-order valence-electron chi connectivity index (χ1n) is 10.1. The smallest absolute Gasteiger partial charge is 0.231 e. The quantitative estimate of drug-likeness (QED) is 0.536. The van der Waals surface area contributed by atoms with Crippen LogP contribution in [-0.2, 0) is 17.6 Å². The summed E-state index contributed by atoms with van der Waals surface area (Å²) in [6.07, 6.45) is 4.46. The Morgan fingerprint density at radius 3 is 2.90 bits per heavy atom. The highest BCUT2D eigenvalue weighted by molar-refractivity contribution is 5.97. The zero-order valence-corrected chi connectivity index (χ0v) is 17.1. The number of ether oxygens (including phenoxy) is 1. The van der Waals surface area contributed by atoms with Gasteiger partial charge in [-0.05, 0) is 53.9 Å². The summed E-state index contributed by atoms with van der Waals surface area (Å²) in [5.74, 6) is 1.51. The van der Waals surface area contributed by atoms with E-state index >= 15 is 0 Å². The molecular weight excluding hydrogens is 390 g/mol. The van der Waals surface area contributed by atoms with Gasteiger partial charge in [-0.15, -0.1) is 0 Å². The average Bonchev–Trinajstić information content (AvgIpc) is 3.22. The van der Waals surface area contributed by atoms with Gasteiger partial charge in [-0.3, -0.25) is 9.78 Å². The molecule has 7 heteroatoms. The van der Waals surface area contributed by atoms with Gasteiger partial charge in [0.2, 0.25) is 5.91 Å². The van der Waals surface area contributed by atoms with Crippen molar-refractivity contribution < 1.29 is 9.53 Å². The van der Waals surface area contributed by atoms with Gasteiger partial charge >= 0.3 is 0 Å². The maximum Gasteiger partial charge on any atom is 0.231 e. The number of amides is 1. The summed E-state index contributed by atoms with van der Waals surface area (Å²) in [6, 6.07) is 17.5. The third-order valence-electron chi connectivity index (χ3n) is 5.38. The molecule has 0 aliphatic carbocycles. The highest BCUT2D eigenvalue weighted by Gasteiger charge is 2.25. The SMILES string of the molecule is COc1cccc(CC(=O)N2CCc3ccc(Nc4ccc5nccnc5n4)cc32)c1. The molecule has 3 heterocycles. The van der Waals surface area contributed by atoms with E-state index in [-0.39, 0.29) is 5.91 Å². The minimum atomic E-state index is 0.0725. The fourth-order valence-corrected chi connectivity index (χ4v) is 3.84. The Morgan fingerprint density at radius 1 is 1.10 bits per heavy atom. The van der Waals surface area contributed by atoms with Crippen LogP contribution in [0.2, 0.25) is 0 Å². The van der Waals surface area contributed by atoms with Crippen molar-refractivity contribution in [1.29, 1.82) is 0 Å². The molecule has 1 N–H and O–H groups in total. The lowest BCUT2D eigenvalue weighted by Crippen LogP contribution is -2.30. The van der Waals surface area contributed by atoms with Crippen molar-refractivity contribution >= 4 is 34.3 Å². The lowest BCUT2D eigenvalue weighted by Gasteiger charge is -2.18. The minimum Gasteiger partial charge on any atom is -0.497 e. The molecule has 1 aliphatic rings. The second kappa shape index (κ2) is 8.02. The number of fused-ring (bicyclic) bond motifs is 2. The van der Waals surface area contributed by atoms with Crippen LogP contribution < -0.4 is 15.0 Å². The van der Waals surface area contributed by atoms with Crippen LogP contribution in [0.3, 0.4) is 0 Å². The maximum absolute atomic E-state index is 13.0. The Hall–Kier alpha value is -4.00. The lowest BCUT2D eigenvalue weighted by molar-refractivity contribution is -0.117. The zero-order valence-electron chi connectivity index (χ0n) is 17.1. The number of hydrogen-bond acceptors (Lipinski definition) is 6. The number of benzene rings is 2. The van der Waals surface area contributed by atoms with Gasteiger partial charge in [0.15, 0.2) is 5.65 Å². The number of aromatic nitrogens is 3. The molecular formula is C24H21N5O2. The van der Waals surface area contributed by atoms with Crippen LogP contribution in [0.4, 0.5) is 17.2 Å². The van der Waals surface area contributed by atoms with Crippen molar-refractivity contribution in [3.05, 3.63) is 78.1 Å². The molecule has 0 unspecified atom stereocenters. The van der Waals surface area contributed by atoms with Crippen molar-refractivity contribution in [2.45, 2.75) is 12.8 Å². The van der Waals surface area contributed by atoms with Crippen LogP contribution in [0.5, 0.6) is 5.75 Å². The molecule has 1 amide bonds. The van der Waals surface area contributed by atoms with E-state index in [1.165, 1.54) is 5.56 Å². The van der Waals surface area contributed by atoms with Gasteiger partial charge in [-0.2, -0.15) is 0 Å². The molecule has 7 nitrogen and oxygen atoms in total. The minimum absolute atomic E-state index is 0.0725. The number of nitrogens with zero attached hydrogens (tertiary/aromatic N) is 4. The summed E-state index contributed by atoms with van der Waals surface area (Å²) in [4.78, 5) is 27.9. The maximum atomic E-state index is 13.0. The number of carbonyl (C=O) groups is 1. The summed E-state index contributed by atoms with van der Waals surface area (Å²) in [6.45, 7) is 0.686. The van der Waals surface area contributed by atoms with Crippen molar-refractivity contribution in [2.75, 3.05) is 23.9 Å². The van der Waals surface area contributed by atoms with E-state index in [1.54, 1.807) is 19.5 Å². The molecule has 0 saturated carbocycles. The summed E-state index contributed by atoms with van der Waals surface area (Å²) >= 11 is 0. The topological polar surface area (TPSA) is 80.2 Å². The Kier molecular flexibility index (Phi) is 4.92. The second-order valence-corrected chi connectivity index (χ2v) is 7.39. The predicted molar refractivity (Wildman–Crippen MR) is 120 cm³/mol. The summed E-state index contributed by atoms with van der Waals surface area (Å²) in [5.41, 5.74) is 5.25. The van der Waals surface area contributed by atoms with E-state index in [0.29, 0.717) is 24.4 Å². The van der Waals surface area contributed by atoms with Crippen molar-refractivity contribution in [3.8, 4) is 5.75 Å². The lowest BCUT2D eigenvalue weighted by atomic mass is 10.1. The summed E-state index contributed by atoms with van der Waals surface area (Å²) < 4.78 is 5.27. The van der Waals surface area contributed by atoms with Crippen molar-refractivity contribution in [3.63, 3.8) is 0 Å². The molecule has 31 heavy (non-hydrogen) atoms. The number of methoxy groups -OCH3 is 1. The van der Waals surface area contributed by atoms with Gasteiger partial charge in [-0.25, -0.2) is 9.97 Å². The van der Waals surface area contributed by atoms with E-state index in [0.717, 1.165) is 34.6 Å². The fraction of sp³-hybridized carbons (Fsp3) is 0.167. The first kappa shape index (κ1) is 19.0. The molecule has 1 aliphatic heterocycles. The summed E-state index contributed by atoms with van der Waals surface area (Å²) in [7, 11) is 1.63. The molecule has 0 spiro atoms. The zero-order chi connectivity index (χ0) is 21.2. The molecule has 2 aromatic carbocycles. The van der Waals surface area contributed by atoms with Gasteiger partial charge < -0.3 is 15.0 Å². The first-order valence-corrected chi connectivity index (χ1v) is 10.1. The molecule has 0 fully saturated rings. The van der Waals surface area contributed by atoms with Gasteiger partial charge in [-0.1, -0.05) is 18.2 Å². The molecule has 0 radical (unpaired) electrons. The van der Waals surface area contributed by atoms with Crippen LogP contribution in [0.1, 0.15) is 11.1 Å². The Bertz CT molecular complexity index is 1270. The number of carbonyl (C=O) groups excluding carboxylic acids is 1. The number of hydrogen-bond donors (Lipinski definition) is 1. The normalized spacial score (nSPS) is 12.6. The number of anilines is 3. The largest absolute Gasteiger partial charge is 0.497 e. The number of pyridine rings is 1. The summed E-state index contributed by atoms with van der Waals surface area (Å²) in [5, 5.41) is 3.32. The molecule has 0 atom stereocenters. The molecule has 154 valence electrons. The Labute approximate surface area is 179 Å². The molecule has 0 bridgehead atoms. The molecule has 0 saturated heterocycles. The van der Waals surface area contributed by atoms with Gasteiger partial charge in [0.05, 0.1) is 13.5 Å². The van der Waals surface area contributed by atoms with Gasteiger partial charge in [0.1, 0.15) is 17.1 Å². The van der Waals surface area contributed by atoms with Crippen LogP contribution in [0.25, 0.3) is 11.2 Å².